The summed E-state index contributed by atoms with van der Waals surface area (Å²) >= 11 is 0. The van der Waals surface area contributed by atoms with E-state index in [0.29, 0.717) is 17.3 Å². The third-order valence-electron chi connectivity index (χ3n) is 3.85. The first-order chi connectivity index (χ1) is 13.9. The van der Waals surface area contributed by atoms with E-state index < -0.39 is 10.0 Å². The smallest absolute Gasteiger partial charge is 0.255 e. The molecular formula is C21H23N5O2S. The van der Waals surface area contributed by atoms with Gasteiger partial charge in [0.15, 0.2) is 0 Å². The Bertz CT molecular complexity index is 1080. The van der Waals surface area contributed by atoms with Crippen molar-refractivity contribution in [1.29, 1.82) is 0 Å². The molecule has 3 aromatic rings. The van der Waals surface area contributed by atoms with Crippen LogP contribution < -0.4 is 15.4 Å². The molecule has 0 aliphatic carbocycles. The molecule has 0 bridgehead atoms. The van der Waals surface area contributed by atoms with Gasteiger partial charge in [-0.05, 0) is 49.8 Å². The SMILES string of the molecule is CCNc1cc(Nc2ccc(NS(=O)(=O)/C=C/c3ccccc3)cc2)nc(C)n1. The number of rotatable bonds is 8. The van der Waals surface area contributed by atoms with Crippen molar-refractivity contribution < 1.29 is 8.42 Å². The minimum absolute atomic E-state index is 0.473. The molecule has 0 saturated carbocycles. The van der Waals surface area contributed by atoms with Crippen LogP contribution in [0, 0.1) is 6.92 Å². The number of anilines is 4. The van der Waals surface area contributed by atoms with Crippen LogP contribution in [-0.2, 0) is 10.0 Å². The van der Waals surface area contributed by atoms with Crippen molar-refractivity contribution in [2.24, 2.45) is 0 Å². The molecule has 0 unspecified atom stereocenters. The van der Waals surface area contributed by atoms with E-state index in [1.807, 2.05) is 50.2 Å². The molecule has 1 aromatic heterocycles. The molecule has 8 heteroatoms. The summed E-state index contributed by atoms with van der Waals surface area (Å²) in [4.78, 5) is 8.68. The zero-order chi connectivity index (χ0) is 20.7. The van der Waals surface area contributed by atoms with Gasteiger partial charge in [-0.15, -0.1) is 0 Å². The van der Waals surface area contributed by atoms with Gasteiger partial charge in [-0.25, -0.2) is 18.4 Å². The molecule has 3 rings (SSSR count). The van der Waals surface area contributed by atoms with E-state index >= 15 is 0 Å². The molecule has 0 aliphatic heterocycles. The maximum Gasteiger partial charge on any atom is 0.255 e. The molecule has 0 spiro atoms. The van der Waals surface area contributed by atoms with Crippen LogP contribution in [0.15, 0.2) is 66.1 Å². The van der Waals surface area contributed by atoms with E-state index in [2.05, 4.69) is 25.3 Å². The summed E-state index contributed by atoms with van der Waals surface area (Å²) in [6.45, 7) is 4.59. The average molecular weight is 410 g/mol. The van der Waals surface area contributed by atoms with Crippen molar-refractivity contribution in [2.45, 2.75) is 13.8 Å². The summed E-state index contributed by atoms with van der Waals surface area (Å²) in [6, 6.07) is 18.0. The highest BCUT2D eigenvalue weighted by Crippen LogP contribution is 2.20. The van der Waals surface area contributed by atoms with Crippen LogP contribution in [0.4, 0.5) is 23.0 Å². The molecule has 0 radical (unpaired) electrons. The Morgan fingerprint density at radius 2 is 1.59 bits per heavy atom. The van der Waals surface area contributed by atoms with E-state index in [1.165, 1.54) is 0 Å². The third kappa shape index (κ3) is 6.32. The van der Waals surface area contributed by atoms with Gasteiger partial charge in [0, 0.05) is 24.0 Å². The van der Waals surface area contributed by atoms with Gasteiger partial charge >= 0.3 is 0 Å². The lowest BCUT2D eigenvalue weighted by atomic mass is 10.2. The Morgan fingerprint density at radius 3 is 2.28 bits per heavy atom. The Kier molecular flexibility index (Phi) is 6.46. The van der Waals surface area contributed by atoms with Gasteiger partial charge in [-0.2, -0.15) is 0 Å². The van der Waals surface area contributed by atoms with Gasteiger partial charge in [0.2, 0.25) is 0 Å². The molecular weight excluding hydrogens is 386 g/mol. The number of aryl methyl sites for hydroxylation is 1. The first-order valence-corrected chi connectivity index (χ1v) is 10.7. The van der Waals surface area contributed by atoms with Gasteiger partial charge < -0.3 is 10.6 Å². The maximum absolute atomic E-state index is 12.2. The van der Waals surface area contributed by atoms with E-state index in [1.54, 1.807) is 30.3 Å². The predicted octanol–water partition coefficient (Wildman–Crippen LogP) is 4.37. The van der Waals surface area contributed by atoms with Crippen molar-refractivity contribution in [3.05, 3.63) is 77.5 Å². The fourth-order valence-electron chi connectivity index (χ4n) is 2.60. The quantitative estimate of drug-likeness (QED) is 0.511. The van der Waals surface area contributed by atoms with E-state index in [4.69, 9.17) is 0 Å². The summed E-state index contributed by atoms with van der Waals surface area (Å²) in [5.74, 6) is 2.06. The molecule has 0 amide bonds. The monoisotopic (exact) mass is 409 g/mol. The second-order valence-electron chi connectivity index (χ2n) is 6.28. The molecule has 3 N–H and O–H groups in total. The van der Waals surface area contributed by atoms with Gasteiger partial charge in [0.05, 0.1) is 5.41 Å². The number of benzene rings is 2. The average Bonchev–Trinajstić information content (AvgIpc) is 2.68. The fourth-order valence-corrected chi connectivity index (χ4v) is 3.47. The first kappa shape index (κ1) is 20.3. The number of hydrogen-bond acceptors (Lipinski definition) is 6. The van der Waals surface area contributed by atoms with Gasteiger partial charge in [-0.3, -0.25) is 4.72 Å². The lowest BCUT2D eigenvalue weighted by Gasteiger charge is -2.10. The highest BCUT2D eigenvalue weighted by molar-refractivity contribution is 7.95. The zero-order valence-electron chi connectivity index (χ0n) is 16.3. The van der Waals surface area contributed by atoms with Crippen LogP contribution >= 0.6 is 0 Å². The van der Waals surface area contributed by atoms with Crippen molar-refractivity contribution in [3.63, 3.8) is 0 Å². The van der Waals surface area contributed by atoms with Crippen LogP contribution in [-0.4, -0.2) is 24.9 Å². The predicted molar refractivity (Wildman–Crippen MR) is 119 cm³/mol. The lowest BCUT2D eigenvalue weighted by Crippen LogP contribution is -2.08. The van der Waals surface area contributed by atoms with Gasteiger partial charge in [0.1, 0.15) is 17.5 Å². The van der Waals surface area contributed by atoms with Crippen molar-refractivity contribution in [2.75, 3.05) is 21.9 Å². The molecule has 0 fully saturated rings. The van der Waals surface area contributed by atoms with Gasteiger partial charge in [0.25, 0.3) is 10.0 Å². The van der Waals surface area contributed by atoms with E-state index in [-0.39, 0.29) is 0 Å². The fraction of sp³-hybridized carbons (Fsp3) is 0.143. The summed E-state index contributed by atoms with van der Waals surface area (Å²) in [5.41, 5.74) is 2.07. The third-order valence-corrected chi connectivity index (χ3v) is 4.87. The van der Waals surface area contributed by atoms with Gasteiger partial charge in [-0.1, -0.05) is 30.3 Å². The second-order valence-corrected chi connectivity index (χ2v) is 7.85. The number of nitrogens with one attached hydrogen (secondary N) is 3. The number of hydrogen-bond donors (Lipinski definition) is 3. The molecule has 7 nitrogen and oxygen atoms in total. The molecule has 0 atom stereocenters. The Labute approximate surface area is 171 Å². The minimum atomic E-state index is -3.60. The van der Waals surface area contributed by atoms with Crippen LogP contribution in [0.5, 0.6) is 0 Å². The number of nitrogens with zero attached hydrogens (tertiary/aromatic N) is 2. The van der Waals surface area contributed by atoms with Crippen molar-refractivity contribution >= 4 is 39.1 Å². The molecule has 1 heterocycles. The Balaban J connectivity index is 1.66. The minimum Gasteiger partial charge on any atom is -0.370 e. The second kappa shape index (κ2) is 9.20. The molecule has 29 heavy (non-hydrogen) atoms. The highest BCUT2D eigenvalue weighted by Gasteiger charge is 2.06. The van der Waals surface area contributed by atoms with Crippen molar-refractivity contribution in [1.82, 2.24) is 9.97 Å². The summed E-state index contributed by atoms with van der Waals surface area (Å²) in [6.07, 6.45) is 1.55. The van der Waals surface area contributed by atoms with Crippen LogP contribution in [0.3, 0.4) is 0 Å². The number of sulfonamides is 1. The van der Waals surface area contributed by atoms with Crippen molar-refractivity contribution in [3.8, 4) is 0 Å². The molecule has 150 valence electrons. The summed E-state index contributed by atoms with van der Waals surface area (Å²) in [5, 5.41) is 7.51. The normalized spacial score (nSPS) is 11.4. The molecule has 0 saturated heterocycles. The summed E-state index contributed by atoms with van der Waals surface area (Å²) < 4.78 is 27.0. The van der Waals surface area contributed by atoms with E-state index in [9.17, 15) is 8.42 Å². The topological polar surface area (TPSA) is 96.0 Å². The molecule has 0 aliphatic rings. The largest absolute Gasteiger partial charge is 0.370 e. The first-order valence-electron chi connectivity index (χ1n) is 9.16. The maximum atomic E-state index is 12.2. The van der Waals surface area contributed by atoms with Crippen LogP contribution in [0.2, 0.25) is 0 Å². The standard InChI is InChI=1S/C21H23N5O2S/c1-3-22-20-15-21(24-16(2)23-20)25-18-9-11-19(12-10-18)26-29(27,28)14-13-17-7-5-4-6-8-17/h4-15,26H,3H2,1-2H3,(H2,22,23,24,25)/b14-13+. The summed E-state index contributed by atoms with van der Waals surface area (Å²) in [7, 11) is -3.60. The Morgan fingerprint density at radius 1 is 0.931 bits per heavy atom. The van der Waals surface area contributed by atoms with Crippen LogP contribution in [0.1, 0.15) is 18.3 Å². The zero-order valence-corrected chi connectivity index (χ0v) is 17.1. The van der Waals surface area contributed by atoms with Crippen LogP contribution in [0.25, 0.3) is 6.08 Å². The molecule has 2 aromatic carbocycles. The number of aromatic nitrogens is 2. The van der Waals surface area contributed by atoms with E-state index in [0.717, 1.165) is 29.0 Å². The highest BCUT2D eigenvalue weighted by atomic mass is 32.2. The lowest BCUT2D eigenvalue weighted by molar-refractivity contribution is 0.609. The Hall–Kier alpha value is -3.39.